The Balaban J connectivity index is 1.53. The summed E-state index contributed by atoms with van der Waals surface area (Å²) in [6.45, 7) is 1.08. The molecule has 1 amide bonds. The lowest BCUT2D eigenvalue weighted by Crippen LogP contribution is -2.70. The lowest BCUT2D eigenvalue weighted by molar-refractivity contribution is 0.00534. The molecule has 3 saturated heterocycles. The third kappa shape index (κ3) is 2.63. The van der Waals surface area contributed by atoms with Gasteiger partial charge in [-0.05, 0) is 12.5 Å². The Kier molecular flexibility index (Phi) is 3.66. The van der Waals surface area contributed by atoms with Gasteiger partial charge in [0.05, 0.1) is 17.6 Å². The van der Waals surface area contributed by atoms with Gasteiger partial charge in [-0.3, -0.25) is 9.48 Å². The predicted molar refractivity (Wildman–Crippen MR) is 82.9 cm³/mol. The van der Waals surface area contributed by atoms with Crippen LogP contribution < -0.4 is 4.90 Å². The fraction of sp³-hybridized carbons (Fsp3) is 0.438. The van der Waals surface area contributed by atoms with E-state index in [1.54, 1.807) is 11.0 Å². The molecule has 25 heavy (non-hydrogen) atoms. The molecule has 0 saturated carbocycles. The van der Waals surface area contributed by atoms with Crippen LogP contribution in [0.4, 0.5) is 18.9 Å². The third-order valence-corrected chi connectivity index (χ3v) is 4.80. The molecular formula is C16H16F3N5O. The van der Waals surface area contributed by atoms with Gasteiger partial charge in [-0.15, -0.1) is 0 Å². The van der Waals surface area contributed by atoms with E-state index in [1.165, 1.54) is 30.2 Å². The summed E-state index contributed by atoms with van der Waals surface area (Å²) in [5, 5.41) is 3.70. The molecular weight excluding hydrogens is 335 g/mol. The van der Waals surface area contributed by atoms with Gasteiger partial charge in [0.1, 0.15) is 5.69 Å². The normalized spacial score (nSPS) is 22.3. The van der Waals surface area contributed by atoms with Crippen molar-refractivity contribution in [2.75, 3.05) is 18.0 Å². The number of hydrogen-bond donors (Lipinski definition) is 0. The number of piperazine rings is 1. The number of anilines is 1. The Morgan fingerprint density at radius 3 is 2.68 bits per heavy atom. The molecule has 6 nitrogen and oxygen atoms in total. The average molecular weight is 351 g/mol. The van der Waals surface area contributed by atoms with E-state index in [0.29, 0.717) is 18.8 Å². The molecule has 0 N–H and O–H groups in total. The van der Waals surface area contributed by atoms with Crippen molar-refractivity contribution in [1.29, 1.82) is 0 Å². The first-order valence-electron chi connectivity index (χ1n) is 7.95. The maximum Gasteiger partial charge on any atom is 0.282 e. The molecule has 3 fully saturated rings. The van der Waals surface area contributed by atoms with Gasteiger partial charge in [0, 0.05) is 44.3 Å². The minimum absolute atomic E-state index is 0.0457. The number of piperidine rings is 1. The molecule has 0 spiro atoms. The number of nitrogens with zero attached hydrogens (tertiary/aromatic N) is 5. The second-order valence-corrected chi connectivity index (χ2v) is 6.40. The number of carbonyl (C=O) groups is 1. The van der Waals surface area contributed by atoms with Gasteiger partial charge in [0.15, 0.2) is 0 Å². The Morgan fingerprint density at radius 1 is 1.32 bits per heavy atom. The number of rotatable bonds is 3. The Bertz CT molecular complexity index is 812. The standard InChI is InChI=1S/C16H16F3N5O/c1-22-8-12(14(21-22)15(18)19)16(25)24-10-4-11(24)7-23(6-10)9-2-3-20-13(17)5-9/h2-3,5,8,10-11,15H,4,6-7H2,1H3. The largest absolute Gasteiger partial charge is 0.367 e. The Morgan fingerprint density at radius 2 is 2.04 bits per heavy atom. The van der Waals surface area contributed by atoms with E-state index in [2.05, 4.69) is 10.1 Å². The van der Waals surface area contributed by atoms with E-state index < -0.39 is 24.0 Å². The summed E-state index contributed by atoms with van der Waals surface area (Å²) in [5.74, 6) is -0.966. The number of hydrogen-bond acceptors (Lipinski definition) is 4. The molecule has 2 aromatic rings. The summed E-state index contributed by atoms with van der Waals surface area (Å²) >= 11 is 0. The van der Waals surface area contributed by atoms with E-state index in [1.807, 2.05) is 4.90 Å². The van der Waals surface area contributed by atoms with Gasteiger partial charge in [-0.2, -0.15) is 9.49 Å². The fourth-order valence-corrected chi connectivity index (χ4v) is 3.71. The predicted octanol–water partition coefficient (Wildman–Crippen LogP) is 2.00. The van der Waals surface area contributed by atoms with Crippen molar-refractivity contribution in [3.05, 3.63) is 41.7 Å². The van der Waals surface area contributed by atoms with Crippen molar-refractivity contribution in [3.63, 3.8) is 0 Å². The van der Waals surface area contributed by atoms with E-state index >= 15 is 0 Å². The summed E-state index contributed by atoms with van der Waals surface area (Å²) in [6, 6.07) is 2.92. The maximum atomic E-state index is 13.3. The lowest BCUT2D eigenvalue weighted by Gasteiger charge is -2.56. The number of alkyl halides is 2. The molecule has 0 aromatic carbocycles. The number of aryl methyl sites for hydroxylation is 1. The second-order valence-electron chi connectivity index (χ2n) is 6.40. The number of amides is 1. The smallest absolute Gasteiger partial charge is 0.282 e. The highest BCUT2D eigenvalue weighted by Gasteiger charge is 2.48. The quantitative estimate of drug-likeness (QED) is 0.794. The van der Waals surface area contributed by atoms with Gasteiger partial charge >= 0.3 is 0 Å². The summed E-state index contributed by atoms with van der Waals surface area (Å²) < 4.78 is 40.7. The van der Waals surface area contributed by atoms with Crippen molar-refractivity contribution in [2.24, 2.45) is 7.05 Å². The van der Waals surface area contributed by atoms with Crippen LogP contribution in [0.25, 0.3) is 0 Å². The highest BCUT2D eigenvalue weighted by atomic mass is 19.3. The third-order valence-electron chi connectivity index (χ3n) is 4.80. The topological polar surface area (TPSA) is 54.3 Å². The highest BCUT2D eigenvalue weighted by molar-refractivity contribution is 5.96. The molecule has 9 heteroatoms. The first-order chi connectivity index (χ1) is 11.9. The highest BCUT2D eigenvalue weighted by Crippen LogP contribution is 2.36. The van der Waals surface area contributed by atoms with Crippen LogP contribution in [0.15, 0.2) is 24.5 Å². The van der Waals surface area contributed by atoms with Gasteiger partial charge in [0.25, 0.3) is 12.3 Å². The molecule has 2 unspecified atom stereocenters. The van der Waals surface area contributed by atoms with Crippen LogP contribution in [0.5, 0.6) is 0 Å². The SMILES string of the molecule is Cn1cc(C(=O)N2C3CC2CN(c2ccnc(F)c2)C3)c(C(F)F)n1. The van der Waals surface area contributed by atoms with Crippen LogP contribution in [0.2, 0.25) is 0 Å². The van der Waals surface area contributed by atoms with Crippen molar-refractivity contribution in [2.45, 2.75) is 24.9 Å². The van der Waals surface area contributed by atoms with Gasteiger partial charge in [-0.1, -0.05) is 0 Å². The number of fused-ring (bicyclic) bond motifs is 2. The minimum atomic E-state index is -2.79. The number of aromatic nitrogens is 3. The lowest BCUT2D eigenvalue weighted by atomic mass is 9.86. The molecule has 3 aliphatic heterocycles. The molecule has 5 rings (SSSR count). The molecule has 132 valence electrons. The zero-order chi connectivity index (χ0) is 17.7. The zero-order valence-electron chi connectivity index (χ0n) is 13.4. The van der Waals surface area contributed by atoms with Crippen molar-refractivity contribution in [1.82, 2.24) is 19.7 Å². The summed E-state index contributed by atoms with van der Waals surface area (Å²) in [5.41, 5.74) is 0.185. The van der Waals surface area contributed by atoms with Crippen LogP contribution >= 0.6 is 0 Å². The van der Waals surface area contributed by atoms with Crippen LogP contribution in [0, 0.1) is 5.95 Å². The number of halogens is 3. The first kappa shape index (κ1) is 15.9. The summed E-state index contributed by atoms with van der Waals surface area (Å²) in [6.07, 6.45) is 0.768. The van der Waals surface area contributed by atoms with Gasteiger partial charge in [-0.25, -0.2) is 13.8 Å². The van der Waals surface area contributed by atoms with Crippen LogP contribution in [-0.4, -0.2) is 50.7 Å². The van der Waals surface area contributed by atoms with E-state index in [-0.39, 0.29) is 17.6 Å². The first-order valence-corrected chi connectivity index (χ1v) is 7.95. The Hall–Kier alpha value is -2.58. The van der Waals surface area contributed by atoms with E-state index in [4.69, 9.17) is 0 Å². The van der Waals surface area contributed by atoms with Gasteiger partial charge < -0.3 is 9.80 Å². The van der Waals surface area contributed by atoms with Crippen molar-refractivity contribution in [3.8, 4) is 0 Å². The maximum absolute atomic E-state index is 13.3. The molecule has 0 aliphatic carbocycles. The molecule has 3 aliphatic rings. The molecule has 2 bridgehead atoms. The summed E-state index contributed by atoms with van der Waals surface area (Å²) in [7, 11) is 1.51. The molecule has 5 heterocycles. The van der Waals surface area contributed by atoms with Crippen LogP contribution in [0.1, 0.15) is 28.9 Å². The Labute approximate surface area is 141 Å². The molecule has 2 atom stereocenters. The minimum Gasteiger partial charge on any atom is -0.367 e. The molecule has 0 radical (unpaired) electrons. The van der Waals surface area contributed by atoms with Crippen molar-refractivity contribution >= 4 is 11.6 Å². The van der Waals surface area contributed by atoms with E-state index in [9.17, 15) is 18.0 Å². The van der Waals surface area contributed by atoms with E-state index in [0.717, 1.165) is 6.42 Å². The fourth-order valence-electron chi connectivity index (χ4n) is 3.71. The van der Waals surface area contributed by atoms with Crippen LogP contribution in [-0.2, 0) is 7.05 Å². The number of pyridine rings is 1. The zero-order valence-corrected chi connectivity index (χ0v) is 13.4. The summed E-state index contributed by atoms with van der Waals surface area (Å²) in [4.78, 5) is 19.9. The van der Waals surface area contributed by atoms with Crippen molar-refractivity contribution < 1.29 is 18.0 Å². The molecule has 2 aromatic heterocycles. The average Bonchev–Trinajstić information content (AvgIpc) is 2.97. The second kappa shape index (κ2) is 5.75. The number of carbonyl (C=O) groups excluding carboxylic acids is 1. The van der Waals surface area contributed by atoms with Gasteiger partial charge in [0.2, 0.25) is 5.95 Å². The van der Waals surface area contributed by atoms with Crippen LogP contribution in [0.3, 0.4) is 0 Å². The monoisotopic (exact) mass is 351 g/mol.